The lowest BCUT2D eigenvalue weighted by molar-refractivity contribution is -0.132. The van der Waals surface area contributed by atoms with Crippen molar-refractivity contribution < 1.29 is 23.8 Å². The molecule has 0 spiro atoms. The van der Waals surface area contributed by atoms with Crippen LogP contribution in [0.25, 0.3) is 16.7 Å². The van der Waals surface area contributed by atoms with E-state index >= 15 is 0 Å². The first-order chi connectivity index (χ1) is 13.6. The zero-order valence-corrected chi connectivity index (χ0v) is 17.1. The lowest BCUT2D eigenvalue weighted by atomic mass is 9.99. The molecule has 0 radical (unpaired) electrons. The van der Waals surface area contributed by atoms with Crippen LogP contribution in [0.2, 0.25) is 0 Å². The number of allylic oxidation sites excluding steroid dienone is 1. The highest BCUT2D eigenvalue weighted by atomic mass is 16.6. The Bertz CT molecular complexity index is 1010. The fourth-order valence-corrected chi connectivity index (χ4v) is 2.45. The van der Waals surface area contributed by atoms with E-state index in [4.69, 9.17) is 14.2 Å². The fraction of sp³-hybridized carbons (Fsp3) is 0.167. The van der Waals surface area contributed by atoms with E-state index in [-0.39, 0.29) is 22.6 Å². The summed E-state index contributed by atoms with van der Waals surface area (Å²) in [6.07, 6.45) is 0. The second-order valence-electron chi connectivity index (χ2n) is 6.70. The number of methoxy groups -OCH3 is 1. The number of esters is 2. The summed E-state index contributed by atoms with van der Waals surface area (Å²) in [5, 5.41) is 0. The molecule has 0 bridgehead atoms. The summed E-state index contributed by atoms with van der Waals surface area (Å²) >= 11 is 0. The lowest BCUT2D eigenvalue weighted by Crippen LogP contribution is -2.12. The number of rotatable bonds is 7. The largest absolute Gasteiger partial charge is 0.496 e. The van der Waals surface area contributed by atoms with Gasteiger partial charge in [-0.3, -0.25) is 0 Å². The summed E-state index contributed by atoms with van der Waals surface area (Å²) in [5.74, 6) is -0.295. The van der Waals surface area contributed by atoms with E-state index in [0.29, 0.717) is 5.75 Å². The predicted molar refractivity (Wildman–Crippen MR) is 114 cm³/mol. The van der Waals surface area contributed by atoms with Crippen LogP contribution in [-0.2, 0) is 9.59 Å². The Balaban J connectivity index is 2.54. The van der Waals surface area contributed by atoms with Crippen molar-refractivity contribution >= 4 is 17.5 Å². The third-order valence-electron chi connectivity index (χ3n) is 4.04. The molecular formula is C24H24O5. The van der Waals surface area contributed by atoms with Crippen molar-refractivity contribution in [1.29, 1.82) is 0 Å². The second kappa shape index (κ2) is 9.06. The van der Waals surface area contributed by atoms with Crippen LogP contribution in [0.1, 0.15) is 26.3 Å². The van der Waals surface area contributed by atoms with Crippen LogP contribution in [-0.4, -0.2) is 19.0 Å². The van der Waals surface area contributed by atoms with Gasteiger partial charge in [0.2, 0.25) is 0 Å². The molecule has 5 heteroatoms. The highest BCUT2D eigenvalue weighted by molar-refractivity contribution is 5.91. The molecule has 0 aliphatic heterocycles. The molecule has 150 valence electrons. The molecule has 0 saturated carbocycles. The SMILES string of the molecule is C=C(C)C(=O)Oc1ccc(-c2ccc(OC)c(C(=C)C)c2)cc1OC(=O)C(=C)C. The number of hydrogen-bond donors (Lipinski definition) is 0. The minimum atomic E-state index is -0.618. The molecule has 0 N–H and O–H groups in total. The summed E-state index contributed by atoms with van der Waals surface area (Å²) in [6, 6.07) is 10.6. The fourth-order valence-electron chi connectivity index (χ4n) is 2.45. The maximum absolute atomic E-state index is 12.1. The van der Waals surface area contributed by atoms with Gasteiger partial charge in [-0.25, -0.2) is 9.59 Å². The van der Waals surface area contributed by atoms with E-state index in [0.717, 1.165) is 22.3 Å². The van der Waals surface area contributed by atoms with Gasteiger partial charge in [-0.15, -0.1) is 0 Å². The number of hydrogen-bond acceptors (Lipinski definition) is 5. The highest BCUT2D eigenvalue weighted by Crippen LogP contribution is 2.36. The number of carbonyl (C=O) groups is 2. The molecule has 0 amide bonds. The van der Waals surface area contributed by atoms with E-state index in [1.807, 2.05) is 25.1 Å². The Morgan fingerprint density at radius 1 is 0.724 bits per heavy atom. The van der Waals surface area contributed by atoms with E-state index in [1.54, 1.807) is 25.3 Å². The van der Waals surface area contributed by atoms with Crippen molar-refractivity contribution in [2.24, 2.45) is 0 Å². The van der Waals surface area contributed by atoms with Gasteiger partial charge in [0.25, 0.3) is 0 Å². The predicted octanol–water partition coefficient (Wildman–Crippen LogP) is 5.36. The first-order valence-corrected chi connectivity index (χ1v) is 8.87. The van der Waals surface area contributed by atoms with E-state index in [2.05, 4.69) is 19.7 Å². The zero-order valence-electron chi connectivity index (χ0n) is 17.1. The molecule has 2 aromatic carbocycles. The van der Waals surface area contributed by atoms with Crippen LogP contribution >= 0.6 is 0 Å². The van der Waals surface area contributed by atoms with Crippen LogP contribution in [0.4, 0.5) is 0 Å². The summed E-state index contributed by atoms with van der Waals surface area (Å²) in [5.41, 5.74) is 3.78. The Kier molecular flexibility index (Phi) is 6.78. The molecule has 0 aliphatic carbocycles. The van der Waals surface area contributed by atoms with Crippen LogP contribution in [0.5, 0.6) is 17.2 Å². The first kappa shape index (κ1) is 21.7. The van der Waals surface area contributed by atoms with Crippen LogP contribution in [0.15, 0.2) is 67.3 Å². The first-order valence-electron chi connectivity index (χ1n) is 8.87. The molecule has 2 rings (SSSR count). The van der Waals surface area contributed by atoms with Gasteiger partial charge in [0.05, 0.1) is 7.11 Å². The van der Waals surface area contributed by atoms with Gasteiger partial charge in [-0.05, 0) is 61.7 Å². The molecule has 0 heterocycles. The minimum absolute atomic E-state index is 0.109. The summed E-state index contributed by atoms with van der Waals surface area (Å²) in [7, 11) is 1.60. The Morgan fingerprint density at radius 3 is 1.69 bits per heavy atom. The second-order valence-corrected chi connectivity index (χ2v) is 6.70. The molecule has 0 aromatic heterocycles. The maximum atomic E-state index is 12.1. The molecule has 5 nitrogen and oxygen atoms in total. The molecule has 0 unspecified atom stereocenters. The van der Waals surface area contributed by atoms with Gasteiger partial charge in [-0.2, -0.15) is 0 Å². The maximum Gasteiger partial charge on any atom is 0.338 e. The van der Waals surface area contributed by atoms with E-state index in [1.165, 1.54) is 13.8 Å². The highest BCUT2D eigenvalue weighted by Gasteiger charge is 2.17. The van der Waals surface area contributed by atoms with Crippen molar-refractivity contribution in [3.05, 3.63) is 72.8 Å². The van der Waals surface area contributed by atoms with Crippen LogP contribution in [0.3, 0.4) is 0 Å². The standard InChI is InChI=1S/C24H24O5/c1-14(2)19-12-17(8-10-20(19)27-7)18-9-11-21(28-23(25)15(3)4)22(13-18)29-24(26)16(5)6/h8-13H,1,3,5H2,2,4,6-7H3. The number of benzene rings is 2. The topological polar surface area (TPSA) is 61.8 Å². The quantitative estimate of drug-likeness (QED) is 0.361. The normalized spacial score (nSPS) is 10.1. The van der Waals surface area contributed by atoms with E-state index in [9.17, 15) is 9.59 Å². The smallest absolute Gasteiger partial charge is 0.338 e. The third kappa shape index (κ3) is 5.23. The molecule has 29 heavy (non-hydrogen) atoms. The molecular weight excluding hydrogens is 368 g/mol. The number of ether oxygens (including phenoxy) is 3. The van der Waals surface area contributed by atoms with Crippen LogP contribution in [0, 0.1) is 0 Å². The molecule has 0 aliphatic rings. The molecule has 0 fully saturated rings. The van der Waals surface area contributed by atoms with Crippen LogP contribution < -0.4 is 14.2 Å². The summed E-state index contributed by atoms with van der Waals surface area (Å²) < 4.78 is 16.1. The van der Waals surface area contributed by atoms with Gasteiger partial charge >= 0.3 is 11.9 Å². The van der Waals surface area contributed by atoms with Gasteiger partial charge in [0.1, 0.15) is 5.75 Å². The summed E-state index contributed by atoms with van der Waals surface area (Å²) in [6.45, 7) is 16.1. The monoisotopic (exact) mass is 392 g/mol. The Morgan fingerprint density at radius 2 is 1.21 bits per heavy atom. The van der Waals surface area contributed by atoms with Gasteiger partial charge in [0.15, 0.2) is 11.5 Å². The molecule has 0 atom stereocenters. The average Bonchev–Trinajstić information content (AvgIpc) is 2.68. The van der Waals surface area contributed by atoms with Crippen molar-refractivity contribution in [2.45, 2.75) is 20.8 Å². The average molecular weight is 392 g/mol. The minimum Gasteiger partial charge on any atom is -0.496 e. The Labute approximate surface area is 170 Å². The van der Waals surface area contributed by atoms with Gasteiger partial charge in [0, 0.05) is 16.7 Å². The lowest BCUT2D eigenvalue weighted by Gasteiger charge is -2.14. The van der Waals surface area contributed by atoms with E-state index < -0.39 is 11.9 Å². The molecule has 0 saturated heterocycles. The van der Waals surface area contributed by atoms with Crippen molar-refractivity contribution in [1.82, 2.24) is 0 Å². The van der Waals surface area contributed by atoms with Gasteiger partial charge in [-0.1, -0.05) is 31.9 Å². The molecule has 2 aromatic rings. The third-order valence-corrected chi connectivity index (χ3v) is 4.04. The Hall–Kier alpha value is -3.60. The summed E-state index contributed by atoms with van der Waals surface area (Å²) in [4.78, 5) is 24.0. The number of carbonyl (C=O) groups excluding carboxylic acids is 2. The van der Waals surface area contributed by atoms with Crippen molar-refractivity contribution in [3.63, 3.8) is 0 Å². The van der Waals surface area contributed by atoms with Gasteiger partial charge < -0.3 is 14.2 Å². The zero-order chi connectivity index (χ0) is 21.7. The van der Waals surface area contributed by atoms with Crippen molar-refractivity contribution in [2.75, 3.05) is 7.11 Å². The van der Waals surface area contributed by atoms with Crippen molar-refractivity contribution in [3.8, 4) is 28.4 Å².